The zero-order valence-electron chi connectivity index (χ0n) is 12.0. The quantitative estimate of drug-likeness (QED) is 0.567. The molecule has 0 atom stereocenters. The first kappa shape index (κ1) is 16.3. The molecule has 0 unspecified atom stereocenters. The largest absolute Gasteiger partial charge is 1.00 e. The van der Waals surface area contributed by atoms with Gasteiger partial charge in [0.15, 0.2) is 6.20 Å². The summed E-state index contributed by atoms with van der Waals surface area (Å²) in [5.41, 5.74) is 7.05. The number of H-pyrrole nitrogens is 1. The van der Waals surface area contributed by atoms with Gasteiger partial charge in [-0.05, 0) is 42.8 Å². The fourth-order valence-corrected chi connectivity index (χ4v) is 2.27. The van der Waals surface area contributed by atoms with Gasteiger partial charge in [-0.2, -0.15) is 5.10 Å². The van der Waals surface area contributed by atoms with E-state index < -0.39 is 0 Å². The first-order valence-corrected chi connectivity index (χ1v) is 7.07. The highest BCUT2D eigenvalue weighted by molar-refractivity contribution is 6.30. The van der Waals surface area contributed by atoms with E-state index in [4.69, 9.17) is 11.6 Å². The van der Waals surface area contributed by atoms with Crippen LogP contribution in [-0.4, -0.2) is 5.71 Å². The number of halogens is 2. The van der Waals surface area contributed by atoms with Crippen molar-refractivity contribution in [2.45, 2.75) is 6.92 Å². The summed E-state index contributed by atoms with van der Waals surface area (Å²) in [6, 6.07) is 17.7. The Morgan fingerprint density at radius 2 is 1.77 bits per heavy atom. The van der Waals surface area contributed by atoms with Gasteiger partial charge in [-0.25, -0.2) is 4.98 Å². The smallest absolute Gasteiger partial charge is 0.236 e. The van der Waals surface area contributed by atoms with Crippen molar-refractivity contribution < 1.29 is 17.4 Å². The molecule has 3 rings (SSSR count). The Morgan fingerprint density at radius 3 is 2.55 bits per heavy atom. The van der Waals surface area contributed by atoms with E-state index in [1.807, 2.05) is 55.6 Å². The molecule has 0 saturated carbocycles. The minimum absolute atomic E-state index is 0. The average molecular weight is 332 g/mol. The molecule has 2 aromatic carbocycles. The Hall–Kier alpha value is -2.10. The van der Waals surface area contributed by atoms with Crippen LogP contribution in [0.15, 0.2) is 65.9 Å². The standard InChI is InChI=1S/C17H14ClN3.ClH/c1-12(13-7-9-15(18)10-8-13)20-21-16-6-2-4-14-5-3-11-19-17(14)16;/h2-11,21H,1H3;1H/b20-12-;. The number of nitrogens with one attached hydrogen (secondary N) is 2. The Balaban J connectivity index is 0.00000176. The number of hydrazone groups is 1. The van der Waals surface area contributed by atoms with Crippen molar-refractivity contribution >= 4 is 33.9 Å². The van der Waals surface area contributed by atoms with Crippen LogP contribution >= 0.6 is 11.6 Å². The van der Waals surface area contributed by atoms with Crippen LogP contribution in [0, 0.1) is 0 Å². The Kier molecular flexibility index (Phi) is 5.36. The molecular formula is C17H15Cl2N3. The monoisotopic (exact) mass is 331 g/mol. The van der Waals surface area contributed by atoms with Gasteiger partial charge >= 0.3 is 0 Å². The maximum atomic E-state index is 5.90. The molecule has 112 valence electrons. The van der Waals surface area contributed by atoms with Crippen LogP contribution in [0.1, 0.15) is 12.5 Å². The lowest BCUT2D eigenvalue weighted by molar-refractivity contribution is -0.344. The van der Waals surface area contributed by atoms with Gasteiger partial charge in [-0.1, -0.05) is 29.8 Å². The third kappa shape index (κ3) is 3.56. The molecule has 0 fully saturated rings. The number of nitrogens with zero attached hydrogens (tertiary/aromatic N) is 1. The molecule has 0 aliphatic rings. The van der Waals surface area contributed by atoms with Crippen molar-refractivity contribution in [3.05, 3.63) is 71.4 Å². The van der Waals surface area contributed by atoms with Gasteiger partial charge in [0.25, 0.3) is 0 Å². The van der Waals surface area contributed by atoms with Crippen molar-refractivity contribution in [2.75, 3.05) is 5.43 Å². The van der Waals surface area contributed by atoms with E-state index in [9.17, 15) is 0 Å². The Morgan fingerprint density at radius 1 is 1.05 bits per heavy atom. The van der Waals surface area contributed by atoms with Gasteiger partial charge < -0.3 is 12.4 Å². The topological polar surface area (TPSA) is 38.5 Å². The molecule has 0 aliphatic carbocycles. The van der Waals surface area contributed by atoms with Crippen molar-refractivity contribution in [2.24, 2.45) is 5.10 Å². The van der Waals surface area contributed by atoms with Crippen molar-refractivity contribution in [1.29, 1.82) is 0 Å². The molecule has 0 spiro atoms. The highest BCUT2D eigenvalue weighted by atomic mass is 35.5. The fourth-order valence-electron chi connectivity index (χ4n) is 2.15. The lowest BCUT2D eigenvalue weighted by Crippen LogP contribution is -3.00. The second-order valence-corrected chi connectivity index (χ2v) is 5.19. The Bertz CT molecular complexity index is 793. The Labute approximate surface area is 140 Å². The lowest BCUT2D eigenvalue weighted by atomic mass is 10.1. The molecule has 0 radical (unpaired) electrons. The van der Waals surface area contributed by atoms with Crippen molar-refractivity contribution in [1.82, 2.24) is 0 Å². The van der Waals surface area contributed by atoms with E-state index in [1.54, 1.807) is 0 Å². The molecule has 0 aliphatic heterocycles. The molecule has 0 bridgehead atoms. The van der Waals surface area contributed by atoms with Gasteiger partial charge in [0, 0.05) is 16.5 Å². The van der Waals surface area contributed by atoms with E-state index in [0.717, 1.165) is 32.9 Å². The minimum Gasteiger partial charge on any atom is -1.00 e. The molecule has 0 saturated heterocycles. The molecule has 5 heteroatoms. The number of para-hydroxylation sites is 1. The second-order valence-electron chi connectivity index (χ2n) is 4.76. The number of hydrogen-bond acceptors (Lipinski definition) is 2. The van der Waals surface area contributed by atoms with Gasteiger partial charge in [0.1, 0.15) is 5.69 Å². The summed E-state index contributed by atoms with van der Waals surface area (Å²) < 4.78 is 0. The molecule has 22 heavy (non-hydrogen) atoms. The van der Waals surface area contributed by atoms with Gasteiger partial charge in [-0.3, -0.25) is 5.43 Å². The van der Waals surface area contributed by atoms with Gasteiger partial charge in [0.2, 0.25) is 5.52 Å². The van der Waals surface area contributed by atoms with Crippen LogP contribution in [-0.2, 0) is 0 Å². The first-order chi connectivity index (χ1) is 10.2. The normalized spacial score (nSPS) is 11.1. The molecular weight excluding hydrogens is 317 g/mol. The van der Waals surface area contributed by atoms with Gasteiger partial charge in [-0.15, -0.1) is 0 Å². The summed E-state index contributed by atoms with van der Waals surface area (Å²) in [5, 5.41) is 6.31. The highest BCUT2D eigenvalue weighted by Gasteiger charge is 2.05. The van der Waals surface area contributed by atoms with Crippen LogP contribution < -0.4 is 22.8 Å². The zero-order chi connectivity index (χ0) is 14.7. The minimum atomic E-state index is 0. The van der Waals surface area contributed by atoms with Gasteiger partial charge in [0.05, 0.1) is 5.71 Å². The summed E-state index contributed by atoms with van der Waals surface area (Å²) >= 11 is 5.90. The van der Waals surface area contributed by atoms with Crippen LogP contribution in [0.2, 0.25) is 5.02 Å². The van der Waals surface area contributed by atoms with Crippen LogP contribution in [0.25, 0.3) is 10.9 Å². The van der Waals surface area contributed by atoms with E-state index in [-0.39, 0.29) is 12.4 Å². The second kappa shape index (κ2) is 7.25. The predicted octanol–water partition coefficient (Wildman–Crippen LogP) is 1.15. The number of anilines is 1. The van der Waals surface area contributed by atoms with Crippen LogP contribution in [0.5, 0.6) is 0 Å². The molecule has 2 N–H and O–H groups in total. The molecule has 1 aromatic heterocycles. The number of benzene rings is 2. The summed E-state index contributed by atoms with van der Waals surface area (Å²) in [6.07, 6.45) is 1.91. The SMILES string of the molecule is C/C(=N/Nc1cccc2ccc[nH+]c12)c1ccc(Cl)cc1.[Cl-]. The number of rotatable bonds is 3. The highest BCUT2D eigenvalue weighted by Crippen LogP contribution is 2.18. The number of pyridine rings is 1. The maximum absolute atomic E-state index is 5.90. The van der Waals surface area contributed by atoms with E-state index >= 15 is 0 Å². The third-order valence-corrected chi connectivity index (χ3v) is 3.55. The molecule has 3 nitrogen and oxygen atoms in total. The summed E-state index contributed by atoms with van der Waals surface area (Å²) in [6.45, 7) is 1.96. The number of hydrogen-bond donors (Lipinski definition) is 1. The number of fused-ring (bicyclic) bond motifs is 1. The fraction of sp³-hybridized carbons (Fsp3) is 0.0588. The molecule has 3 aromatic rings. The van der Waals surface area contributed by atoms with E-state index in [2.05, 4.69) is 27.6 Å². The summed E-state index contributed by atoms with van der Waals surface area (Å²) in [4.78, 5) is 3.24. The van der Waals surface area contributed by atoms with Crippen molar-refractivity contribution in [3.63, 3.8) is 0 Å². The zero-order valence-corrected chi connectivity index (χ0v) is 13.5. The summed E-state index contributed by atoms with van der Waals surface area (Å²) in [5.74, 6) is 0. The maximum Gasteiger partial charge on any atom is 0.236 e. The van der Waals surface area contributed by atoms with Crippen LogP contribution in [0.4, 0.5) is 5.69 Å². The number of aromatic amines is 1. The first-order valence-electron chi connectivity index (χ1n) is 6.70. The third-order valence-electron chi connectivity index (χ3n) is 3.30. The molecule has 0 amide bonds. The van der Waals surface area contributed by atoms with E-state index in [0.29, 0.717) is 0 Å². The predicted molar refractivity (Wildman–Crippen MR) is 87.8 cm³/mol. The lowest BCUT2D eigenvalue weighted by Gasteiger charge is -2.04. The summed E-state index contributed by atoms with van der Waals surface area (Å²) in [7, 11) is 0. The van der Waals surface area contributed by atoms with Crippen molar-refractivity contribution in [3.8, 4) is 0 Å². The van der Waals surface area contributed by atoms with E-state index in [1.165, 1.54) is 0 Å². The van der Waals surface area contributed by atoms with Crippen LogP contribution in [0.3, 0.4) is 0 Å². The average Bonchev–Trinajstić information content (AvgIpc) is 2.53. The molecule has 1 heterocycles. The number of aromatic nitrogens is 1.